The van der Waals surface area contributed by atoms with Crippen LogP contribution in [0.25, 0.3) is 0 Å². The number of alkyl halides is 1. The smallest absolute Gasteiger partial charge is 0.0238 e. The molecule has 0 radical (unpaired) electrons. The summed E-state index contributed by atoms with van der Waals surface area (Å²) in [5.74, 6) is 2.72. The van der Waals surface area contributed by atoms with E-state index in [1.807, 2.05) is 0 Å². The van der Waals surface area contributed by atoms with Crippen LogP contribution in [-0.2, 0) is 6.54 Å². The van der Waals surface area contributed by atoms with Crippen molar-refractivity contribution in [2.45, 2.75) is 51.1 Å². The van der Waals surface area contributed by atoms with Crippen molar-refractivity contribution in [3.05, 3.63) is 35.9 Å². The number of nitrogens with zero attached hydrogens (tertiary/aromatic N) is 1. The standard InChI is InChI=1S/C18H26ClN/c19-11-10-18-12-16-8-4-5-9-17(16)14-20(18)13-15-6-2-1-3-7-15/h1-3,6-7,16-18H,4-5,8-14H2. The van der Waals surface area contributed by atoms with Crippen molar-refractivity contribution in [1.29, 1.82) is 0 Å². The Morgan fingerprint density at radius 2 is 1.80 bits per heavy atom. The maximum atomic E-state index is 6.05. The molecule has 20 heavy (non-hydrogen) atoms. The molecule has 2 heteroatoms. The summed E-state index contributed by atoms with van der Waals surface area (Å²) in [5, 5.41) is 0. The summed E-state index contributed by atoms with van der Waals surface area (Å²) in [6.45, 7) is 2.40. The Labute approximate surface area is 128 Å². The van der Waals surface area contributed by atoms with E-state index in [1.54, 1.807) is 0 Å². The van der Waals surface area contributed by atoms with E-state index in [4.69, 9.17) is 11.6 Å². The van der Waals surface area contributed by atoms with Crippen LogP contribution in [0, 0.1) is 11.8 Å². The summed E-state index contributed by atoms with van der Waals surface area (Å²) in [6, 6.07) is 11.6. The van der Waals surface area contributed by atoms with Gasteiger partial charge in [0, 0.05) is 25.0 Å². The van der Waals surface area contributed by atoms with Gasteiger partial charge in [0.2, 0.25) is 0 Å². The zero-order valence-electron chi connectivity index (χ0n) is 12.3. The van der Waals surface area contributed by atoms with Crippen molar-refractivity contribution in [2.75, 3.05) is 12.4 Å². The fourth-order valence-electron chi connectivity index (χ4n) is 4.22. The van der Waals surface area contributed by atoms with E-state index in [9.17, 15) is 0 Å². The van der Waals surface area contributed by atoms with Crippen molar-refractivity contribution in [1.82, 2.24) is 4.90 Å². The zero-order chi connectivity index (χ0) is 13.8. The van der Waals surface area contributed by atoms with Crippen LogP contribution < -0.4 is 0 Å². The Bertz CT molecular complexity index is 405. The summed E-state index contributed by atoms with van der Waals surface area (Å²) >= 11 is 6.05. The lowest BCUT2D eigenvalue weighted by molar-refractivity contribution is 0.0317. The molecule has 110 valence electrons. The maximum Gasteiger partial charge on any atom is 0.0238 e. The highest BCUT2D eigenvalue weighted by molar-refractivity contribution is 6.17. The molecule has 1 nitrogen and oxygen atoms in total. The number of rotatable bonds is 4. The van der Waals surface area contributed by atoms with Crippen molar-refractivity contribution in [2.24, 2.45) is 11.8 Å². The van der Waals surface area contributed by atoms with Crippen molar-refractivity contribution in [3.8, 4) is 0 Å². The fraction of sp³-hybridized carbons (Fsp3) is 0.667. The van der Waals surface area contributed by atoms with Crippen molar-refractivity contribution < 1.29 is 0 Å². The predicted octanol–water partition coefficient (Wildman–Crippen LogP) is 4.70. The molecule has 0 spiro atoms. The molecule has 3 rings (SSSR count). The maximum absolute atomic E-state index is 6.05. The van der Waals surface area contributed by atoms with Crippen LogP contribution in [-0.4, -0.2) is 23.4 Å². The molecular weight excluding hydrogens is 266 g/mol. The highest BCUT2D eigenvalue weighted by atomic mass is 35.5. The number of fused-ring (bicyclic) bond motifs is 1. The first kappa shape index (κ1) is 14.4. The molecule has 2 aliphatic rings. The quantitative estimate of drug-likeness (QED) is 0.727. The molecule has 1 aliphatic heterocycles. The summed E-state index contributed by atoms with van der Waals surface area (Å²) < 4.78 is 0. The SMILES string of the molecule is ClCCC1CC2CCCCC2CN1Cc1ccccc1. The van der Waals surface area contributed by atoms with Gasteiger partial charge in [-0.1, -0.05) is 49.6 Å². The molecule has 0 bridgehead atoms. The zero-order valence-corrected chi connectivity index (χ0v) is 13.1. The van der Waals surface area contributed by atoms with Gasteiger partial charge >= 0.3 is 0 Å². The van der Waals surface area contributed by atoms with E-state index in [-0.39, 0.29) is 0 Å². The Balaban J connectivity index is 1.69. The van der Waals surface area contributed by atoms with Crippen molar-refractivity contribution in [3.63, 3.8) is 0 Å². The highest BCUT2D eigenvalue weighted by Crippen LogP contribution is 2.39. The molecule has 1 aromatic rings. The summed E-state index contributed by atoms with van der Waals surface area (Å²) in [6.07, 6.45) is 8.34. The second-order valence-electron chi connectivity index (χ2n) is 6.59. The third kappa shape index (κ3) is 3.38. The van der Waals surface area contributed by atoms with Gasteiger partial charge in [-0.2, -0.15) is 0 Å². The van der Waals surface area contributed by atoms with Crippen LogP contribution >= 0.6 is 11.6 Å². The van der Waals surface area contributed by atoms with Gasteiger partial charge in [-0.05, 0) is 36.7 Å². The van der Waals surface area contributed by atoms with E-state index in [2.05, 4.69) is 35.2 Å². The molecular formula is C18H26ClN. The van der Waals surface area contributed by atoms with E-state index < -0.39 is 0 Å². The second kappa shape index (κ2) is 6.95. The molecule has 3 atom stereocenters. The molecule has 1 aromatic carbocycles. The van der Waals surface area contributed by atoms with E-state index in [1.165, 1.54) is 44.2 Å². The summed E-state index contributed by atoms with van der Waals surface area (Å²) in [7, 11) is 0. The monoisotopic (exact) mass is 291 g/mol. The lowest BCUT2D eigenvalue weighted by Gasteiger charge is -2.46. The molecule has 0 aromatic heterocycles. The molecule has 1 saturated heterocycles. The fourth-order valence-corrected chi connectivity index (χ4v) is 4.47. The average Bonchev–Trinajstić information content (AvgIpc) is 2.49. The molecule has 2 fully saturated rings. The average molecular weight is 292 g/mol. The second-order valence-corrected chi connectivity index (χ2v) is 6.96. The Morgan fingerprint density at radius 3 is 2.55 bits per heavy atom. The number of likely N-dealkylation sites (tertiary alicyclic amines) is 1. The van der Waals surface area contributed by atoms with Crippen LogP contribution in [0.2, 0.25) is 0 Å². The van der Waals surface area contributed by atoms with Crippen LogP contribution in [0.1, 0.15) is 44.1 Å². The normalized spacial score (nSPS) is 30.9. The first-order valence-electron chi connectivity index (χ1n) is 8.20. The minimum absolute atomic E-state index is 0.701. The van der Waals surface area contributed by atoms with Gasteiger partial charge in [0.1, 0.15) is 0 Å². The lowest BCUT2D eigenvalue weighted by Crippen LogP contribution is -2.47. The third-order valence-corrected chi connectivity index (χ3v) is 5.52. The molecule has 0 N–H and O–H groups in total. The topological polar surface area (TPSA) is 3.24 Å². The first-order chi connectivity index (χ1) is 9.86. The van der Waals surface area contributed by atoms with Gasteiger partial charge in [-0.15, -0.1) is 11.6 Å². The molecule has 0 amide bonds. The number of hydrogen-bond acceptors (Lipinski definition) is 1. The largest absolute Gasteiger partial charge is 0.296 e. The van der Waals surface area contributed by atoms with Gasteiger partial charge in [0.15, 0.2) is 0 Å². The Kier molecular flexibility index (Phi) is 5.01. The number of benzene rings is 1. The van der Waals surface area contributed by atoms with Gasteiger partial charge < -0.3 is 0 Å². The predicted molar refractivity (Wildman–Crippen MR) is 86.0 cm³/mol. The minimum Gasteiger partial charge on any atom is -0.296 e. The van der Waals surface area contributed by atoms with E-state index in [0.717, 1.165) is 30.7 Å². The van der Waals surface area contributed by atoms with Crippen LogP contribution in [0.5, 0.6) is 0 Å². The molecule has 1 heterocycles. The minimum atomic E-state index is 0.701. The number of hydrogen-bond donors (Lipinski definition) is 0. The van der Waals surface area contributed by atoms with Gasteiger partial charge in [0.05, 0.1) is 0 Å². The Morgan fingerprint density at radius 1 is 1.05 bits per heavy atom. The van der Waals surface area contributed by atoms with Crippen LogP contribution in [0.3, 0.4) is 0 Å². The summed E-state index contributed by atoms with van der Waals surface area (Å²) in [4.78, 5) is 2.71. The molecule has 1 aliphatic carbocycles. The van der Waals surface area contributed by atoms with Crippen LogP contribution in [0.4, 0.5) is 0 Å². The van der Waals surface area contributed by atoms with E-state index >= 15 is 0 Å². The van der Waals surface area contributed by atoms with E-state index in [0.29, 0.717) is 6.04 Å². The first-order valence-corrected chi connectivity index (χ1v) is 8.74. The van der Waals surface area contributed by atoms with Gasteiger partial charge in [0.25, 0.3) is 0 Å². The summed E-state index contributed by atoms with van der Waals surface area (Å²) in [5.41, 5.74) is 1.45. The van der Waals surface area contributed by atoms with Gasteiger partial charge in [-0.25, -0.2) is 0 Å². The number of piperidine rings is 1. The number of halogens is 1. The molecule has 1 saturated carbocycles. The van der Waals surface area contributed by atoms with Crippen LogP contribution in [0.15, 0.2) is 30.3 Å². The highest BCUT2D eigenvalue weighted by Gasteiger charge is 2.36. The molecule has 3 unspecified atom stereocenters. The van der Waals surface area contributed by atoms with Crippen molar-refractivity contribution >= 4 is 11.6 Å². The van der Waals surface area contributed by atoms with Gasteiger partial charge in [-0.3, -0.25) is 4.90 Å². The third-order valence-electron chi connectivity index (χ3n) is 5.30. The lowest BCUT2D eigenvalue weighted by atomic mass is 9.72. The Hall–Kier alpha value is -0.530.